The molecule has 0 amide bonds. The molecule has 0 aliphatic heterocycles. The quantitative estimate of drug-likeness (QED) is 0.743. The van der Waals surface area contributed by atoms with Crippen molar-refractivity contribution >= 4 is 11.8 Å². The van der Waals surface area contributed by atoms with E-state index in [-0.39, 0.29) is 5.82 Å². The van der Waals surface area contributed by atoms with Crippen LogP contribution in [0.25, 0.3) is 0 Å². The smallest absolute Gasteiger partial charge is 0.191 e. The maximum Gasteiger partial charge on any atom is 0.191 e. The molecular formula is C17H22FN3S. The number of halogens is 1. The zero-order valence-electron chi connectivity index (χ0n) is 13.0. The molecule has 0 atom stereocenters. The number of hydrogen-bond acceptors (Lipinski definition) is 3. The number of aromatic nitrogens is 3. The third kappa shape index (κ3) is 3.35. The van der Waals surface area contributed by atoms with Gasteiger partial charge in [0.15, 0.2) is 5.16 Å². The summed E-state index contributed by atoms with van der Waals surface area (Å²) in [4.78, 5) is 0. The van der Waals surface area contributed by atoms with Crippen LogP contribution < -0.4 is 0 Å². The standard InChI is InChI=1S/C17H22FN3S/c1-2-21-16(13-8-4-3-5-9-13)19-20-17(21)22-12-14-10-6-7-11-15(14)18/h6-7,10-11,13H,2-5,8-9,12H2,1H3. The Morgan fingerprint density at radius 1 is 1.18 bits per heavy atom. The maximum atomic E-state index is 13.7. The van der Waals surface area contributed by atoms with E-state index in [1.54, 1.807) is 17.8 Å². The summed E-state index contributed by atoms with van der Waals surface area (Å²) in [5.74, 6) is 2.11. The Bertz CT molecular complexity index is 620. The van der Waals surface area contributed by atoms with Crippen LogP contribution in [0.3, 0.4) is 0 Å². The maximum absolute atomic E-state index is 13.7. The van der Waals surface area contributed by atoms with Gasteiger partial charge in [0, 0.05) is 18.2 Å². The van der Waals surface area contributed by atoms with E-state index in [1.807, 2.05) is 12.1 Å². The summed E-state index contributed by atoms with van der Waals surface area (Å²) < 4.78 is 15.9. The molecule has 1 aromatic carbocycles. The van der Waals surface area contributed by atoms with Crippen molar-refractivity contribution in [1.29, 1.82) is 0 Å². The van der Waals surface area contributed by atoms with Crippen LogP contribution in [0.4, 0.5) is 4.39 Å². The summed E-state index contributed by atoms with van der Waals surface area (Å²) in [5, 5.41) is 9.71. The molecule has 1 aliphatic carbocycles. The summed E-state index contributed by atoms with van der Waals surface area (Å²) in [6.07, 6.45) is 6.36. The topological polar surface area (TPSA) is 30.7 Å². The van der Waals surface area contributed by atoms with Crippen molar-refractivity contribution in [3.63, 3.8) is 0 Å². The molecule has 0 unspecified atom stereocenters. The van der Waals surface area contributed by atoms with Crippen LogP contribution >= 0.6 is 11.8 Å². The Hall–Kier alpha value is -1.36. The Kier molecular flexibility index (Phi) is 5.13. The van der Waals surface area contributed by atoms with Gasteiger partial charge in [-0.1, -0.05) is 49.2 Å². The average molecular weight is 319 g/mol. The van der Waals surface area contributed by atoms with E-state index >= 15 is 0 Å². The molecule has 0 bridgehead atoms. The lowest BCUT2D eigenvalue weighted by Crippen LogP contribution is -2.12. The van der Waals surface area contributed by atoms with Crippen molar-refractivity contribution in [2.75, 3.05) is 0 Å². The first-order chi connectivity index (χ1) is 10.8. The van der Waals surface area contributed by atoms with Gasteiger partial charge < -0.3 is 4.57 Å². The summed E-state index contributed by atoms with van der Waals surface area (Å²) in [5.41, 5.74) is 0.720. The molecule has 1 aromatic heterocycles. The summed E-state index contributed by atoms with van der Waals surface area (Å²) >= 11 is 1.57. The number of nitrogens with zero attached hydrogens (tertiary/aromatic N) is 3. The zero-order chi connectivity index (χ0) is 15.4. The fourth-order valence-electron chi connectivity index (χ4n) is 3.12. The van der Waals surface area contributed by atoms with Crippen molar-refractivity contribution in [3.8, 4) is 0 Å². The zero-order valence-corrected chi connectivity index (χ0v) is 13.8. The Morgan fingerprint density at radius 2 is 1.95 bits per heavy atom. The van der Waals surface area contributed by atoms with Crippen molar-refractivity contribution in [2.24, 2.45) is 0 Å². The minimum absolute atomic E-state index is 0.148. The molecule has 118 valence electrons. The molecule has 5 heteroatoms. The van der Waals surface area contributed by atoms with Gasteiger partial charge in [0.05, 0.1) is 0 Å². The highest BCUT2D eigenvalue weighted by atomic mass is 32.2. The van der Waals surface area contributed by atoms with E-state index in [1.165, 1.54) is 38.2 Å². The first-order valence-corrected chi connectivity index (χ1v) is 9.07. The van der Waals surface area contributed by atoms with E-state index in [9.17, 15) is 4.39 Å². The molecule has 1 aliphatic rings. The van der Waals surface area contributed by atoms with E-state index in [2.05, 4.69) is 21.7 Å². The summed E-state index contributed by atoms with van der Waals surface area (Å²) in [6, 6.07) is 6.93. The molecule has 0 radical (unpaired) electrons. The lowest BCUT2D eigenvalue weighted by molar-refractivity contribution is 0.413. The monoisotopic (exact) mass is 319 g/mol. The highest BCUT2D eigenvalue weighted by molar-refractivity contribution is 7.98. The number of hydrogen-bond donors (Lipinski definition) is 0. The van der Waals surface area contributed by atoms with Crippen LogP contribution in [0.5, 0.6) is 0 Å². The highest BCUT2D eigenvalue weighted by Crippen LogP contribution is 2.33. The van der Waals surface area contributed by atoms with Crippen LogP contribution in [-0.2, 0) is 12.3 Å². The van der Waals surface area contributed by atoms with Gasteiger partial charge >= 0.3 is 0 Å². The van der Waals surface area contributed by atoms with Crippen LogP contribution in [0.2, 0.25) is 0 Å². The van der Waals surface area contributed by atoms with Crippen molar-refractivity contribution in [1.82, 2.24) is 14.8 Å². The first-order valence-electron chi connectivity index (χ1n) is 8.09. The third-order valence-electron chi connectivity index (χ3n) is 4.35. The molecule has 22 heavy (non-hydrogen) atoms. The highest BCUT2D eigenvalue weighted by Gasteiger charge is 2.22. The lowest BCUT2D eigenvalue weighted by Gasteiger charge is -2.21. The van der Waals surface area contributed by atoms with Gasteiger partial charge in [0.1, 0.15) is 11.6 Å². The predicted octanol–water partition coefficient (Wildman–Crippen LogP) is 4.78. The predicted molar refractivity (Wildman–Crippen MR) is 87.5 cm³/mol. The van der Waals surface area contributed by atoms with Gasteiger partial charge in [-0.2, -0.15) is 0 Å². The Balaban J connectivity index is 1.74. The largest absolute Gasteiger partial charge is 0.306 e. The fourth-order valence-corrected chi connectivity index (χ4v) is 4.12. The molecule has 3 rings (SSSR count). The van der Waals surface area contributed by atoms with Gasteiger partial charge in [-0.25, -0.2) is 4.39 Å². The lowest BCUT2D eigenvalue weighted by atomic mass is 9.89. The number of thioether (sulfide) groups is 1. The number of benzene rings is 1. The second-order valence-corrected chi connectivity index (χ2v) is 6.74. The van der Waals surface area contributed by atoms with Gasteiger partial charge in [-0.15, -0.1) is 10.2 Å². The van der Waals surface area contributed by atoms with Crippen LogP contribution in [-0.4, -0.2) is 14.8 Å². The molecular weight excluding hydrogens is 297 g/mol. The van der Waals surface area contributed by atoms with Gasteiger partial charge in [-0.3, -0.25) is 0 Å². The minimum Gasteiger partial charge on any atom is -0.306 e. The summed E-state index contributed by atoms with van der Waals surface area (Å²) in [7, 11) is 0. The molecule has 0 saturated heterocycles. The molecule has 0 spiro atoms. The third-order valence-corrected chi connectivity index (χ3v) is 5.36. The molecule has 0 N–H and O–H groups in total. The van der Waals surface area contributed by atoms with Crippen molar-refractivity contribution in [2.45, 2.75) is 62.4 Å². The molecule has 1 saturated carbocycles. The first kappa shape index (κ1) is 15.5. The van der Waals surface area contributed by atoms with Crippen molar-refractivity contribution < 1.29 is 4.39 Å². The molecule has 2 aromatic rings. The molecule has 1 heterocycles. The normalized spacial score (nSPS) is 16.1. The van der Waals surface area contributed by atoms with Crippen LogP contribution in [0, 0.1) is 5.82 Å². The van der Waals surface area contributed by atoms with Crippen molar-refractivity contribution in [3.05, 3.63) is 41.5 Å². The van der Waals surface area contributed by atoms with E-state index in [0.717, 1.165) is 23.1 Å². The van der Waals surface area contributed by atoms with E-state index in [4.69, 9.17) is 0 Å². The molecule has 1 fully saturated rings. The van der Waals surface area contributed by atoms with Crippen LogP contribution in [0.15, 0.2) is 29.4 Å². The van der Waals surface area contributed by atoms with E-state index in [0.29, 0.717) is 11.7 Å². The molecule has 3 nitrogen and oxygen atoms in total. The average Bonchev–Trinajstić information content (AvgIpc) is 2.98. The van der Waals surface area contributed by atoms with Gasteiger partial charge in [0.25, 0.3) is 0 Å². The Morgan fingerprint density at radius 3 is 2.68 bits per heavy atom. The summed E-state index contributed by atoms with van der Waals surface area (Å²) in [6.45, 7) is 3.00. The Labute approximate surface area is 135 Å². The van der Waals surface area contributed by atoms with Gasteiger partial charge in [0.2, 0.25) is 0 Å². The fraction of sp³-hybridized carbons (Fsp3) is 0.529. The second-order valence-electron chi connectivity index (χ2n) is 5.80. The second kappa shape index (κ2) is 7.27. The van der Waals surface area contributed by atoms with E-state index < -0.39 is 0 Å². The van der Waals surface area contributed by atoms with Crippen LogP contribution in [0.1, 0.15) is 56.3 Å². The number of rotatable bonds is 5. The SMILES string of the molecule is CCn1c(SCc2ccccc2F)nnc1C1CCCCC1. The minimum atomic E-state index is -0.148. The van der Waals surface area contributed by atoms with Gasteiger partial charge in [-0.05, 0) is 31.4 Å².